The molecule has 0 aromatic heterocycles. The molecule has 0 spiro atoms. The Labute approximate surface area is 275 Å². The van der Waals surface area contributed by atoms with Gasteiger partial charge < -0.3 is 15.0 Å². The van der Waals surface area contributed by atoms with E-state index >= 15 is 0 Å². The topological polar surface area (TPSA) is 105 Å². The molecule has 1 aliphatic carbocycles. The Kier molecular flexibility index (Phi) is 11.4. The number of rotatable bonds is 14. The lowest BCUT2D eigenvalue weighted by molar-refractivity contribution is -0.143. The maximum atomic E-state index is 13.9. The number of allylic oxidation sites excluding steroid dienone is 1. The molecule has 2 N–H and O–H groups in total. The third-order valence-corrected chi connectivity index (χ3v) is 9.31. The van der Waals surface area contributed by atoms with Gasteiger partial charge in [0.1, 0.15) is 17.6 Å². The number of sulfonamides is 1. The summed E-state index contributed by atoms with van der Waals surface area (Å²) in [7, 11) is -3.94. The largest absolute Gasteiger partial charge is 0.484 e. The Morgan fingerprint density at radius 3 is 2.19 bits per heavy atom. The van der Waals surface area contributed by atoms with Crippen molar-refractivity contribution in [1.29, 1.82) is 0 Å². The van der Waals surface area contributed by atoms with Crippen LogP contribution in [-0.2, 0) is 26.2 Å². The van der Waals surface area contributed by atoms with Crippen molar-refractivity contribution in [3.05, 3.63) is 138 Å². The number of amides is 2. The number of nitrogens with one attached hydrogen (secondary N) is 2. The summed E-state index contributed by atoms with van der Waals surface area (Å²) < 4.78 is 47.1. The van der Waals surface area contributed by atoms with Crippen LogP contribution in [0.15, 0.2) is 126 Å². The summed E-state index contributed by atoms with van der Waals surface area (Å²) in [6, 6.07) is 28.3. The number of ether oxygens (including phenoxy) is 1. The zero-order chi connectivity index (χ0) is 33.1. The Bertz CT molecular complexity index is 1760. The average Bonchev–Trinajstić information content (AvgIpc) is 3.09. The van der Waals surface area contributed by atoms with Gasteiger partial charge in [0.25, 0.3) is 15.9 Å². The molecule has 4 aromatic rings. The SMILES string of the molecule is O=C(NCCC1=CCCCC1)C(c1ccccc1)N(Cc1ccccc1)C(=O)COc1ccc(S(=O)(=O)Nc2ccc(F)cc2)cc1. The minimum Gasteiger partial charge on any atom is -0.484 e. The van der Waals surface area contributed by atoms with Gasteiger partial charge >= 0.3 is 0 Å². The van der Waals surface area contributed by atoms with Gasteiger partial charge in [0.05, 0.1) is 4.90 Å². The number of anilines is 1. The molecule has 47 heavy (non-hydrogen) atoms. The van der Waals surface area contributed by atoms with Crippen LogP contribution in [-0.4, -0.2) is 38.3 Å². The van der Waals surface area contributed by atoms with Crippen LogP contribution < -0.4 is 14.8 Å². The van der Waals surface area contributed by atoms with Crippen LogP contribution >= 0.6 is 0 Å². The highest BCUT2D eigenvalue weighted by Gasteiger charge is 2.32. The number of nitrogens with zero attached hydrogens (tertiary/aromatic N) is 1. The maximum absolute atomic E-state index is 13.9. The first kappa shape index (κ1) is 33.4. The summed E-state index contributed by atoms with van der Waals surface area (Å²) in [5, 5.41) is 3.07. The molecule has 0 aliphatic heterocycles. The van der Waals surface area contributed by atoms with Crippen molar-refractivity contribution < 1.29 is 27.1 Å². The lowest BCUT2D eigenvalue weighted by Gasteiger charge is -2.31. The third kappa shape index (κ3) is 9.52. The number of carbonyl (C=O) groups excluding carboxylic acids is 2. The van der Waals surface area contributed by atoms with Crippen LogP contribution in [0, 0.1) is 5.82 Å². The molecule has 4 aromatic carbocycles. The van der Waals surface area contributed by atoms with Gasteiger partial charge in [-0.3, -0.25) is 14.3 Å². The van der Waals surface area contributed by atoms with E-state index in [1.807, 2.05) is 60.7 Å². The summed E-state index contributed by atoms with van der Waals surface area (Å²) in [6.45, 7) is 0.271. The molecular weight excluding hydrogens is 617 g/mol. The molecule has 0 saturated carbocycles. The second-order valence-electron chi connectivity index (χ2n) is 11.3. The Hall–Kier alpha value is -4.96. The van der Waals surface area contributed by atoms with E-state index in [4.69, 9.17) is 4.74 Å². The van der Waals surface area contributed by atoms with Gasteiger partial charge in [-0.2, -0.15) is 0 Å². The number of hydrogen-bond donors (Lipinski definition) is 2. The first-order valence-corrected chi connectivity index (χ1v) is 17.1. The van der Waals surface area contributed by atoms with Crippen LogP contribution in [0.5, 0.6) is 5.75 Å². The highest BCUT2D eigenvalue weighted by Crippen LogP contribution is 2.26. The minimum absolute atomic E-state index is 0.0315. The molecule has 1 aliphatic rings. The summed E-state index contributed by atoms with van der Waals surface area (Å²) in [4.78, 5) is 29.2. The highest BCUT2D eigenvalue weighted by molar-refractivity contribution is 7.92. The zero-order valence-corrected chi connectivity index (χ0v) is 26.8. The van der Waals surface area contributed by atoms with E-state index in [1.165, 1.54) is 53.3 Å². The maximum Gasteiger partial charge on any atom is 0.261 e. The normalized spacial score (nSPS) is 13.6. The predicted molar refractivity (Wildman–Crippen MR) is 179 cm³/mol. The van der Waals surface area contributed by atoms with E-state index in [0.717, 1.165) is 43.4 Å². The number of halogens is 1. The van der Waals surface area contributed by atoms with Gasteiger partial charge in [0, 0.05) is 18.8 Å². The molecule has 5 rings (SSSR count). The van der Waals surface area contributed by atoms with Crippen molar-refractivity contribution in [2.75, 3.05) is 17.9 Å². The summed E-state index contributed by atoms with van der Waals surface area (Å²) in [5.41, 5.74) is 3.10. The van der Waals surface area contributed by atoms with Crippen LogP contribution in [0.3, 0.4) is 0 Å². The summed E-state index contributed by atoms with van der Waals surface area (Å²) >= 11 is 0. The van der Waals surface area contributed by atoms with E-state index in [1.54, 1.807) is 0 Å². The first-order chi connectivity index (χ1) is 22.8. The standard InChI is InChI=1S/C37H38FN3O5S/c38-31-16-18-32(19-17-31)40-47(44,45)34-22-20-33(21-23-34)46-27-35(42)41(26-29-12-6-2-7-13-29)36(30-14-8-3-9-15-30)37(43)39-25-24-28-10-4-1-5-11-28/h2-3,6-10,12-23,36,40H,1,4-5,11,24-27H2,(H,39,43). The van der Waals surface area contributed by atoms with Crippen LogP contribution in [0.1, 0.15) is 49.3 Å². The lowest BCUT2D eigenvalue weighted by Crippen LogP contribution is -2.45. The Morgan fingerprint density at radius 2 is 1.53 bits per heavy atom. The van der Waals surface area contributed by atoms with E-state index in [0.29, 0.717) is 12.1 Å². The van der Waals surface area contributed by atoms with Gasteiger partial charge in [-0.05, 0) is 91.8 Å². The molecule has 0 saturated heterocycles. The summed E-state index contributed by atoms with van der Waals surface area (Å²) in [5.74, 6) is -0.891. The monoisotopic (exact) mass is 655 g/mol. The van der Waals surface area contributed by atoms with Crippen molar-refractivity contribution in [2.45, 2.75) is 49.6 Å². The number of benzene rings is 4. The zero-order valence-electron chi connectivity index (χ0n) is 26.0. The number of carbonyl (C=O) groups is 2. The lowest BCUT2D eigenvalue weighted by atomic mass is 9.97. The molecule has 0 bridgehead atoms. The van der Waals surface area contributed by atoms with Gasteiger partial charge in [-0.1, -0.05) is 72.3 Å². The molecule has 1 unspecified atom stereocenters. The quantitative estimate of drug-likeness (QED) is 0.146. The molecule has 244 valence electrons. The van der Waals surface area contributed by atoms with Crippen molar-refractivity contribution in [3.8, 4) is 5.75 Å². The molecule has 0 fully saturated rings. The Morgan fingerprint density at radius 1 is 0.851 bits per heavy atom. The molecule has 0 radical (unpaired) electrons. The molecule has 2 amide bonds. The van der Waals surface area contributed by atoms with Gasteiger partial charge in [-0.25, -0.2) is 12.8 Å². The van der Waals surface area contributed by atoms with Crippen molar-refractivity contribution in [3.63, 3.8) is 0 Å². The van der Waals surface area contributed by atoms with E-state index in [-0.39, 0.29) is 35.4 Å². The van der Waals surface area contributed by atoms with Crippen molar-refractivity contribution >= 4 is 27.5 Å². The first-order valence-electron chi connectivity index (χ1n) is 15.6. The molecule has 0 heterocycles. The van der Waals surface area contributed by atoms with E-state index < -0.39 is 27.8 Å². The van der Waals surface area contributed by atoms with Crippen LogP contribution in [0.2, 0.25) is 0 Å². The highest BCUT2D eigenvalue weighted by atomic mass is 32.2. The fourth-order valence-electron chi connectivity index (χ4n) is 5.46. The van der Waals surface area contributed by atoms with Crippen molar-refractivity contribution in [1.82, 2.24) is 10.2 Å². The fraction of sp³-hybridized carbons (Fsp3) is 0.243. The van der Waals surface area contributed by atoms with Crippen molar-refractivity contribution in [2.24, 2.45) is 0 Å². The predicted octanol–water partition coefficient (Wildman–Crippen LogP) is 6.78. The van der Waals surface area contributed by atoms with Crippen LogP contribution in [0.4, 0.5) is 10.1 Å². The molecule has 1 atom stereocenters. The van der Waals surface area contributed by atoms with Gasteiger partial charge in [0.15, 0.2) is 6.61 Å². The minimum atomic E-state index is -3.94. The molecule has 10 heteroatoms. The summed E-state index contributed by atoms with van der Waals surface area (Å²) in [6.07, 6.45) is 7.51. The number of hydrogen-bond acceptors (Lipinski definition) is 5. The van der Waals surface area contributed by atoms with Crippen LogP contribution in [0.25, 0.3) is 0 Å². The van der Waals surface area contributed by atoms with Gasteiger partial charge in [0.2, 0.25) is 5.91 Å². The molecular formula is C37H38FN3O5S. The van der Waals surface area contributed by atoms with E-state index in [9.17, 15) is 22.4 Å². The fourth-order valence-corrected chi connectivity index (χ4v) is 6.52. The molecule has 8 nitrogen and oxygen atoms in total. The Balaban J connectivity index is 1.31. The average molecular weight is 656 g/mol. The third-order valence-electron chi connectivity index (χ3n) is 7.91. The van der Waals surface area contributed by atoms with Gasteiger partial charge in [-0.15, -0.1) is 0 Å². The second-order valence-corrected chi connectivity index (χ2v) is 13.0. The second kappa shape index (κ2) is 16.0. The van der Waals surface area contributed by atoms with E-state index in [2.05, 4.69) is 16.1 Å². The smallest absolute Gasteiger partial charge is 0.261 e.